The first-order valence-electron chi connectivity index (χ1n) is 9.80. The molecule has 1 aliphatic rings. The topological polar surface area (TPSA) is 92.3 Å². The van der Waals surface area contributed by atoms with Gasteiger partial charge >= 0.3 is 0 Å². The fourth-order valence-electron chi connectivity index (χ4n) is 3.46. The lowest BCUT2D eigenvalue weighted by atomic mass is 10.1. The van der Waals surface area contributed by atoms with Gasteiger partial charge in [0.15, 0.2) is 5.65 Å². The molecule has 1 aromatic carbocycles. The molecule has 9 heteroatoms. The van der Waals surface area contributed by atoms with Gasteiger partial charge in [-0.1, -0.05) is 0 Å². The number of rotatable bonds is 5. The Morgan fingerprint density at radius 2 is 2.00 bits per heavy atom. The third-order valence-corrected chi connectivity index (χ3v) is 5.97. The van der Waals surface area contributed by atoms with Gasteiger partial charge in [0.25, 0.3) is 0 Å². The largest absolute Gasteiger partial charge is 0.379 e. The van der Waals surface area contributed by atoms with E-state index >= 15 is 0 Å². The normalized spacial score (nSPS) is 15.1. The van der Waals surface area contributed by atoms with Gasteiger partial charge in [-0.25, -0.2) is 0 Å². The highest BCUT2D eigenvalue weighted by atomic mass is 32.2. The van der Waals surface area contributed by atoms with Crippen molar-refractivity contribution in [3.05, 3.63) is 53.9 Å². The first kappa shape index (κ1) is 19.1. The highest BCUT2D eigenvalue weighted by Crippen LogP contribution is 2.29. The van der Waals surface area contributed by atoms with Crippen molar-refractivity contribution in [3.8, 4) is 0 Å². The minimum Gasteiger partial charge on any atom is -0.379 e. The number of morpholine rings is 1. The monoisotopic (exact) mass is 419 g/mol. The van der Waals surface area contributed by atoms with Gasteiger partial charge in [-0.3, -0.25) is 9.88 Å². The summed E-state index contributed by atoms with van der Waals surface area (Å²) in [6.45, 7) is 6.10. The molecule has 4 heterocycles. The molecule has 3 aromatic heterocycles. The van der Waals surface area contributed by atoms with E-state index in [2.05, 4.69) is 37.3 Å². The number of pyridine rings is 1. The van der Waals surface area contributed by atoms with Gasteiger partial charge in [-0.05, 0) is 60.6 Å². The van der Waals surface area contributed by atoms with Crippen LogP contribution < -0.4 is 0 Å². The fraction of sp³-hybridized carbons (Fsp3) is 0.286. The maximum atomic E-state index is 7.82. The number of hydrogen-bond donors (Lipinski definition) is 1. The fourth-order valence-corrected chi connectivity index (χ4v) is 4.30. The lowest BCUT2D eigenvalue weighted by Gasteiger charge is -2.26. The van der Waals surface area contributed by atoms with Gasteiger partial charge < -0.3 is 10.1 Å². The molecule has 0 bridgehead atoms. The molecule has 1 saturated heterocycles. The number of nitrogens with zero attached hydrogens (tertiary/aromatic N) is 6. The highest BCUT2D eigenvalue weighted by molar-refractivity contribution is 7.99. The van der Waals surface area contributed by atoms with E-state index in [-0.39, 0.29) is 0 Å². The molecule has 0 radical (unpaired) electrons. The van der Waals surface area contributed by atoms with Gasteiger partial charge in [0, 0.05) is 36.1 Å². The molecule has 0 unspecified atom stereocenters. The molecular weight excluding hydrogens is 398 g/mol. The maximum absolute atomic E-state index is 7.82. The first-order valence-corrected chi connectivity index (χ1v) is 10.6. The molecule has 0 aliphatic carbocycles. The summed E-state index contributed by atoms with van der Waals surface area (Å²) in [7, 11) is 0. The Balaban J connectivity index is 1.42. The second-order valence-electron chi connectivity index (χ2n) is 7.28. The number of hydrogen-bond acceptors (Lipinski definition) is 8. The Bertz CT molecular complexity index is 1230. The van der Waals surface area contributed by atoms with Crippen LogP contribution in [-0.4, -0.2) is 61.7 Å². The average Bonchev–Trinajstić information content (AvgIpc) is 3.16. The van der Waals surface area contributed by atoms with Crippen LogP contribution in [0.4, 0.5) is 0 Å². The average molecular weight is 420 g/mol. The minimum absolute atomic E-state index is 0.408. The highest BCUT2D eigenvalue weighted by Gasteiger charge is 2.13. The SMILES string of the molecule is CC(=N)c1ccc2nnc(Sc3ccc4ncc(CN5CCOCC5)cc4c3)n2n1. The molecule has 152 valence electrons. The van der Waals surface area contributed by atoms with E-state index in [1.165, 1.54) is 17.3 Å². The quantitative estimate of drug-likeness (QED) is 0.497. The predicted molar refractivity (Wildman–Crippen MR) is 115 cm³/mol. The van der Waals surface area contributed by atoms with E-state index in [4.69, 9.17) is 10.1 Å². The van der Waals surface area contributed by atoms with Gasteiger partial charge in [0.05, 0.1) is 24.4 Å². The molecule has 4 aromatic rings. The summed E-state index contributed by atoms with van der Waals surface area (Å²) in [5.41, 5.74) is 3.85. The van der Waals surface area contributed by atoms with Crippen LogP contribution in [0.3, 0.4) is 0 Å². The van der Waals surface area contributed by atoms with E-state index in [0.717, 1.165) is 48.6 Å². The van der Waals surface area contributed by atoms with Crippen molar-refractivity contribution in [2.45, 2.75) is 23.5 Å². The number of aromatic nitrogens is 5. The zero-order valence-corrected chi connectivity index (χ0v) is 17.4. The molecule has 5 rings (SSSR count). The van der Waals surface area contributed by atoms with Crippen molar-refractivity contribution >= 4 is 34.0 Å². The minimum atomic E-state index is 0.408. The van der Waals surface area contributed by atoms with Gasteiger partial charge in [0.2, 0.25) is 5.16 Å². The molecule has 30 heavy (non-hydrogen) atoms. The van der Waals surface area contributed by atoms with Crippen LogP contribution >= 0.6 is 11.8 Å². The van der Waals surface area contributed by atoms with Crippen molar-refractivity contribution in [2.24, 2.45) is 0 Å². The summed E-state index contributed by atoms with van der Waals surface area (Å²) in [5.74, 6) is 0. The molecule has 1 fully saturated rings. The first-order chi connectivity index (χ1) is 14.7. The summed E-state index contributed by atoms with van der Waals surface area (Å²) >= 11 is 1.50. The lowest BCUT2D eigenvalue weighted by Crippen LogP contribution is -2.35. The van der Waals surface area contributed by atoms with Crippen molar-refractivity contribution < 1.29 is 4.74 Å². The summed E-state index contributed by atoms with van der Waals surface area (Å²) in [6, 6.07) is 12.0. The van der Waals surface area contributed by atoms with Crippen molar-refractivity contribution in [2.75, 3.05) is 26.3 Å². The van der Waals surface area contributed by atoms with E-state index in [1.807, 2.05) is 24.4 Å². The van der Waals surface area contributed by atoms with Crippen molar-refractivity contribution in [1.82, 2.24) is 29.7 Å². The molecular formula is C21H21N7OS. The Kier molecular flexibility index (Phi) is 5.16. The third kappa shape index (κ3) is 3.91. The molecule has 1 N–H and O–H groups in total. The Hall–Kier alpha value is -2.88. The molecule has 8 nitrogen and oxygen atoms in total. The predicted octanol–water partition coefficient (Wildman–Crippen LogP) is 3.04. The Labute approximate surface area is 177 Å². The molecule has 0 spiro atoms. The number of fused-ring (bicyclic) bond motifs is 2. The van der Waals surface area contributed by atoms with Gasteiger partial charge in [-0.2, -0.15) is 9.61 Å². The molecule has 1 aliphatic heterocycles. The van der Waals surface area contributed by atoms with Crippen LogP contribution in [0.1, 0.15) is 18.2 Å². The zero-order valence-electron chi connectivity index (χ0n) is 16.6. The van der Waals surface area contributed by atoms with Gasteiger partial charge in [0.1, 0.15) is 5.69 Å². The van der Waals surface area contributed by atoms with E-state index < -0.39 is 0 Å². The van der Waals surface area contributed by atoms with Crippen LogP contribution in [0, 0.1) is 5.41 Å². The summed E-state index contributed by atoms with van der Waals surface area (Å²) in [5, 5.41) is 22.5. The van der Waals surface area contributed by atoms with Crippen LogP contribution in [0.2, 0.25) is 0 Å². The maximum Gasteiger partial charge on any atom is 0.217 e. The summed E-state index contributed by atoms with van der Waals surface area (Å²) < 4.78 is 7.12. The Morgan fingerprint density at radius 3 is 2.83 bits per heavy atom. The smallest absolute Gasteiger partial charge is 0.217 e. The number of nitrogens with one attached hydrogen (secondary N) is 1. The molecule has 0 atom stereocenters. The third-order valence-electron chi connectivity index (χ3n) is 5.05. The second-order valence-corrected chi connectivity index (χ2v) is 8.33. The lowest BCUT2D eigenvalue weighted by molar-refractivity contribution is 0.0341. The second kappa shape index (κ2) is 8.10. The summed E-state index contributed by atoms with van der Waals surface area (Å²) in [4.78, 5) is 8.06. The molecule has 0 amide bonds. The van der Waals surface area contributed by atoms with Gasteiger partial charge in [-0.15, -0.1) is 10.2 Å². The van der Waals surface area contributed by atoms with Crippen LogP contribution in [-0.2, 0) is 11.3 Å². The van der Waals surface area contributed by atoms with Crippen LogP contribution in [0.5, 0.6) is 0 Å². The van der Waals surface area contributed by atoms with Crippen LogP contribution in [0.15, 0.2) is 52.6 Å². The standard InChI is InChI=1S/C21H21N7OS/c1-14(22)18-4-5-20-24-25-21(28(20)26-18)30-17-2-3-19-16(11-17)10-15(12-23-19)13-27-6-8-29-9-7-27/h2-5,10-12,22H,6-9,13H2,1H3. The van der Waals surface area contributed by atoms with Crippen molar-refractivity contribution in [3.63, 3.8) is 0 Å². The Morgan fingerprint density at radius 1 is 1.13 bits per heavy atom. The zero-order chi connectivity index (χ0) is 20.5. The number of ether oxygens (including phenoxy) is 1. The van der Waals surface area contributed by atoms with E-state index in [0.29, 0.717) is 22.2 Å². The summed E-state index contributed by atoms with van der Waals surface area (Å²) in [6.07, 6.45) is 1.96. The molecule has 0 saturated carbocycles. The van der Waals surface area contributed by atoms with E-state index in [1.54, 1.807) is 17.5 Å². The van der Waals surface area contributed by atoms with E-state index in [9.17, 15) is 0 Å². The van der Waals surface area contributed by atoms with Crippen LogP contribution in [0.25, 0.3) is 16.6 Å². The van der Waals surface area contributed by atoms with Crippen molar-refractivity contribution in [1.29, 1.82) is 5.41 Å². The number of benzene rings is 1.